The molecule has 3 aliphatic rings. The Hall–Kier alpha value is -3.75. The average molecular weight is 688 g/mol. The summed E-state index contributed by atoms with van der Waals surface area (Å²) in [5, 5.41) is 4.34. The molecule has 1 aliphatic carbocycles. The number of amides is 2. The van der Waals surface area contributed by atoms with Crippen LogP contribution in [-0.2, 0) is 27.9 Å². The van der Waals surface area contributed by atoms with Crippen molar-refractivity contribution in [1.29, 1.82) is 0 Å². The molecule has 1 saturated carbocycles. The minimum Gasteiger partial charge on any atom is -0.376 e. The van der Waals surface area contributed by atoms with Crippen molar-refractivity contribution in [2.24, 2.45) is 11.3 Å². The van der Waals surface area contributed by atoms with Crippen LogP contribution in [0.5, 0.6) is 0 Å². The Morgan fingerprint density at radius 3 is 2.44 bits per heavy atom. The number of aromatic nitrogens is 2. The van der Waals surface area contributed by atoms with Gasteiger partial charge in [-0.25, -0.2) is 26.3 Å². The van der Waals surface area contributed by atoms with Crippen LogP contribution >= 0.6 is 0 Å². The lowest BCUT2D eigenvalue weighted by molar-refractivity contribution is -0.0385. The second-order valence-electron chi connectivity index (χ2n) is 13.7. The fourth-order valence-corrected chi connectivity index (χ4v) is 8.00. The third-order valence-electron chi connectivity index (χ3n) is 9.83. The van der Waals surface area contributed by atoms with Crippen LogP contribution in [0.25, 0.3) is 0 Å². The van der Waals surface area contributed by atoms with Crippen molar-refractivity contribution in [1.82, 2.24) is 24.3 Å². The summed E-state index contributed by atoms with van der Waals surface area (Å²) >= 11 is 0. The molecule has 3 aromatic rings. The number of carbonyl (C=O) groups is 2. The average Bonchev–Trinajstić information content (AvgIpc) is 3.62. The van der Waals surface area contributed by atoms with Gasteiger partial charge in [-0.1, -0.05) is 30.3 Å². The molecule has 6 rings (SSSR count). The van der Waals surface area contributed by atoms with Crippen LogP contribution in [0.15, 0.2) is 54.9 Å². The first kappa shape index (κ1) is 34.1. The lowest BCUT2D eigenvalue weighted by atomic mass is 9.72. The molecule has 1 aromatic heterocycles. The predicted octanol–water partition coefficient (Wildman–Crippen LogP) is 4.27. The minimum absolute atomic E-state index is 0.00367. The van der Waals surface area contributed by atoms with Crippen LogP contribution in [0.3, 0.4) is 0 Å². The van der Waals surface area contributed by atoms with Gasteiger partial charge in [0.2, 0.25) is 15.9 Å². The third kappa shape index (κ3) is 7.60. The Kier molecular flexibility index (Phi) is 9.44. The number of halogens is 3. The van der Waals surface area contributed by atoms with E-state index in [-0.39, 0.29) is 66.8 Å². The number of nitrogens with zero attached hydrogens (tertiary/aromatic N) is 4. The van der Waals surface area contributed by atoms with Crippen molar-refractivity contribution in [3.05, 3.63) is 88.5 Å². The summed E-state index contributed by atoms with van der Waals surface area (Å²) in [4.78, 5) is 30.9. The lowest BCUT2D eigenvalue weighted by Crippen LogP contribution is -2.59. The fraction of sp³-hybridized carbons (Fsp3) is 0.500. The van der Waals surface area contributed by atoms with E-state index >= 15 is 0 Å². The van der Waals surface area contributed by atoms with Gasteiger partial charge in [0.25, 0.3) is 11.8 Å². The van der Waals surface area contributed by atoms with E-state index in [9.17, 15) is 31.2 Å². The normalized spacial score (nSPS) is 20.9. The van der Waals surface area contributed by atoms with Crippen molar-refractivity contribution in [3.63, 3.8) is 0 Å². The Labute approximate surface area is 278 Å². The monoisotopic (exact) mass is 687 g/mol. The van der Waals surface area contributed by atoms with Crippen LogP contribution in [0, 0.1) is 17.2 Å². The van der Waals surface area contributed by atoms with Crippen molar-refractivity contribution >= 4 is 21.8 Å². The number of hydrogen-bond acceptors (Lipinski definition) is 7. The zero-order valence-electron chi connectivity index (χ0n) is 27.0. The number of alkyl halides is 2. The standard InChI is InChI=1S/C34H40F3N5O5S/c1-40-20-33(21-40)22-41(32(44)26-14-38-42(16-26)15-23-6-8-28(35)9-7-23)17-27(33)19-47-18-25-4-3-5-29(24-10-12-34(36,37)13-11-24)30(25)31(43)39-48(2,45)46/h3-9,14,16,24,27H,10-13,15,17-22H2,1-2H3,(H,39,43). The van der Waals surface area contributed by atoms with Gasteiger partial charge in [-0.2, -0.15) is 5.10 Å². The molecule has 1 unspecified atom stereocenters. The van der Waals surface area contributed by atoms with Gasteiger partial charge in [-0.15, -0.1) is 0 Å². The highest BCUT2D eigenvalue weighted by atomic mass is 32.2. The molecule has 2 aliphatic heterocycles. The van der Waals surface area contributed by atoms with E-state index < -0.39 is 21.9 Å². The van der Waals surface area contributed by atoms with E-state index in [4.69, 9.17) is 4.74 Å². The van der Waals surface area contributed by atoms with E-state index in [1.165, 1.54) is 12.1 Å². The first-order valence-electron chi connectivity index (χ1n) is 16.0. The Morgan fingerprint density at radius 2 is 1.77 bits per heavy atom. The maximum absolute atomic E-state index is 13.9. The number of ether oxygens (including phenoxy) is 1. The number of rotatable bonds is 10. The summed E-state index contributed by atoms with van der Waals surface area (Å²) in [5.41, 5.74) is 2.32. The summed E-state index contributed by atoms with van der Waals surface area (Å²) in [6.45, 7) is 3.31. The van der Waals surface area contributed by atoms with E-state index in [2.05, 4.69) is 10.00 Å². The van der Waals surface area contributed by atoms with Gasteiger partial charge in [0.1, 0.15) is 5.82 Å². The molecule has 10 nitrogen and oxygen atoms in total. The molecule has 2 aromatic carbocycles. The van der Waals surface area contributed by atoms with Gasteiger partial charge in [-0.3, -0.25) is 14.3 Å². The summed E-state index contributed by atoms with van der Waals surface area (Å²) in [6, 6.07) is 11.3. The van der Waals surface area contributed by atoms with Gasteiger partial charge in [0.15, 0.2) is 0 Å². The fourth-order valence-electron chi connectivity index (χ4n) is 7.56. The molecule has 3 fully saturated rings. The smallest absolute Gasteiger partial charge is 0.265 e. The van der Waals surface area contributed by atoms with E-state index in [1.807, 2.05) is 16.7 Å². The van der Waals surface area contributed by atoms with Crippen molar-refractivity contribution in [3.8, 4) is 0 Å². The van der Waals surface area contributed by atoms with E-state index in [0.717, 1.165) is 24.9 Å². The molecule has 258 valence electrons. The minimum atomic E-state index is -3.88. The van der Waals surface area contributed by atoms with Gasteiger partial charge < -0.3 is 14.5 Å². The first-order valence-corrected chi connectivity index (χ1v) is 17.9. The molecule has 1 N–H and O–H groups in total. The van der Waals surface area contributed by atoms with Crippen molar-refractivity contribution < 1.29 is 35.9 Å². The zero-order valence-corrected chi connectivity index (χ0v) is 27.8. The van der Waals surface area contributed by atoms with Gasteiger partial charge in [-0.05, 0) is 54.6 Å². The zero-order chi connectivity index (χ0) is 34.3. The predicted molar refractivity (Wildman–Crippen MR) is 172 cm³/mol. The quantitative estimate of drug-likeness (QED) is 0.339. The van der Waals surface area contributed by atoms with Crippen LogP contribution < -0.4 is 4.72 Å². The van der Waals surface area contributed by atoms with E-state index in [1.54, 1.807) is 47.4 Å². The topological polar surface area (TPSA) is 114 Å². The van der Waals surface area contributed by atoms with Crippen molar-refractivity contribution in [2.75, 3.05) is 46.1 Å². The van der Waals surface area contributed by atoms with Crippen LogP contribution in [0.4, 0.5) is 13.2 Å². The molecule has 0 bridgehead atoms. The molecule has 3 heterocycles. The molecule has 48 heavy (non-hydrogen) atoms. The van der Waals surface area contributed by atoms with Crippen LogP contribution in [0.1, 0.15) is 69.0 Å². The van der Waals surface area contributed by atoms with Gasteiger partial charge >= 0.3 is 0 Å². The molecule has 1 spiro atoms. The molecule has 1 atom stereocenters. The number of likely N-dealkylation sites (tertiary alicyclic amines) is 2. The largest absolute Gasteiger partial charge is 0.376 e. The SMILES string of the molecule is CN1CC2(C1)CN(C(=O)c1cnn(Cc3ccc(F)cc3)c1)CC2COCc1cccc(C2CCC(F)(F)CC2)c1C(=O)NS(C)(=O)=O. The highest BCUT2D eigenvalue weighted by molar-refractivity contribution is 7.89. The lowest BCUT2D eigenvalue weighted by Gasteiger charge is -2.49. The van der Waals surface area contributed by atoms with Gasteiger partial charge in [0, 0.05) is 62.1 Å². The highest BCUT2D eigenvalue weighted by Gasteiger charge is 2.54. The molecule has 2 saturated heterocycles. The second kappa shape index (κ2) is 13.3. The Bertz CT molecular complexity index is 1770. The number of carbonyl (C=O) groups excluding carboxylic acids is 2. The number of benzene rings is 2. The summed E-state index contributed by atoms with van der Waals surface area (Å²) in [7, 11) is -1.86. The van der Waals surface area contributed by atoms with Crippen LogP contribution in [0.2, 0.25) is 0 Å². The summed E-state index contributed by atoms with van der Waals surface area (Å²) in [6.07, 6.45) is 3.90. The molecular weight excluding hydrogens is 647 g/mol. The molecule has 2 amide bonds. The number of sulfonamides is 1. The van der Waals surface area contributed by atoms with E-state index in [0.29, 0.717) is 42.9 Å². The molecule has 0 radical (unpaired) electrons. The first-order chi connectivity index (χ1) is 22.7. The third-order valence-corrected chi connectivity index (χ3v) is 10.4. The summed E-state index contributed by atoms with van der Waals surface area (Å²) < 4.78 is 75.1. The Balaban J connectivity index is 1.15. The molecule has 14 heteroatoms. The summed E-state index contributed by atoms with van der Waals surface area (Å²) in [5.74, 6) is -4.32. The number of hydrogen-bond donors (Lipinski definition) is 1. The Morgan fingerprint density at radius 1 is 1.06 bits per heavy atom. The van der Waals surface area contributed by atoms with Crippen LogP contribution in [-0.4, -0.2) is 91.8 Å². The number of nitrogens with one attached hydrogen (secondary N) is 1. The van der Waals surface area contributed by atoms with Crippen molar-refractivity contribution in [2.45, 2.75) is 50.7 Å². The maximum atomic E-state index is 13.9. The highest BCUT2D eigenvalue weighted by Crippen LogP contribution is 2.45. The maximum Gasteiger partial charge on any atom is 0.265 e. The van der Waals surface area contributed by atoms with Gasteiger partial charge in [0.05, 0.1) is 37.8 Å². The second-order valence-corrected chi connectivity index (χ2v) is 15.4. The molecular formula is C34H40F3N5O5S.